The molecule has 0 amide bonds. The van der Waals surface area contributed by atoms with E-state index in [1.807, 2.05) is 0 Å². The largest absolute Gasteiger partial charge is 0.412 e. The van der Waals surface area contributed by atoms with Gasteiger partial charge in [0.25, 0.3) is 56.9 Å². The molecule has 10 aromatic carbocycles. The number of nitro groups is 10. The fourth-order valence-corrected chi connectivity index (χ4v) is 12.7. The lowest BCUT2D eigenvalue weighted by molar-refractivity contribution is -0.388. The Morgan fingerprint density at radius 3 is 0.302 bits per heavy atom. The van der Waals surface area contributed by atoms with Crippen molar-refractivity contribution in [3.05, 3.63) is 344 Å². The van der Waals surface area contributed by atoms with Crippen LogP contribution in [0.2, 0.25) is 0 Å². The minimum absolute atomic E-state index is 0. The summed E-state index contributed by atoms with van der Waals surface area (Å²) in [4.78, 5) is 108. The van der Waals surface area contributed by atoms with Gasteiger partial charge in [0.05, 0.1) is 98.2 Å². The molecule has 0 aliphatic heterocycles. The molecule has 0 heterocycles. The normalized spacial score (nSPS) is 10.0. The zero-order chi connectivity index (χ0) is 69.1. The van der Waals surface area contributed by atoms with E-state index in [0.717, 1.165) is 58.8 Å². The Morgan fingerprint density at radius 1 is 0.156 bits per heavy atom. The smallest absolute Gasteiger partial charge is 0.283 e. The van der Waals surface area contributed by atoms with Crippen molar-refractivity contribution in [2.75, 3.05) is 0 Å². The number of nitrogens with zero attached hydrogens (tertiary/aromatic N) is 10. The van der Waals surface area contributed by atoms with Crippen molar-refractivity contribution < 1.29 is 54.7 Å². The molecular formula is C60H42N10O21S5. The quantitative estimate of drug-likeness (QED) is 0.0505. The SMILES string of the molecule is O.O=[N+]([O-])c1ccccc1Sc1ccccc1[N+](=O)[O-].O=[N+]([O-])c1ccccc1Sc1ccccc1[N+](=O)[O-].O=[N+]([O-])c1ccccc1Sc1ccccc1[N+](=O)[O-].O=[N+]([O-])c1ccccc1Sc1ccccc1[N+](=O)[O-].O=[N+]([O-])c1ccccc1Sc1ccccc1[N+](=O)[O-]. The van der Waals surface area contributed by atoms with Gasteiger partial charge in [-0.2, -0.15) is 0 Å². The first kappa shape index (κ1) is 74.6. The Labute approximate surface area is 560 Å². The Kier molecular flexibility index (Phi) is 28.6. The molecule has 0 aromatic heterocycles. The van der Waals surface area contributed by atoms with Gasteiger partial charge in [0.1, 0.15) is 0 Å². The Bertz CT molecular complexity index is 3610. The van der Waals surface area contributed by atoms with Gasteiger partial charge in [-0.25, -0.2) is 0 Å². The number of benzene rings is 10. The molecule has 10 aromatic rings. The maximum absolute atomic E-state index is 10.9. The van der Waals surface area contributed by atoms with E-state index in [1.54, 1.807) is 182 Å². The van der Waals surface area contributed by atoms with E-state index in [2.05, 4.69) is 0 Å². The Hall–Kier alpha value is -12.1. The summed E-state index contributed by atoms with van der Waals surface area (Å²) < 4.78 is 0. The summed E-state index contributed by atoms with van der Waals surface area (Å²) in [5, 5.41) is 109. The van der Waals surface area contributed by atoms with Crippen LogP contribution >= 0.6 is 58.8 Å². The minimum atomic E-state index is -0.503. The second kappa shape index (κ2) is 36.8. The Morgan fingerprint density at radius 2 is 0.229 bits per heavy atom. The molecule has 0 aliphatic rings. The maximum atomic E-state index is 10.9. The van der Waals surface area contributed by atoms with Crippen LogP contribution in [0.25, 0.3) is 0 Å². The van der Waals surface area contributed by atoms with E-state index < -0.39 is 49.2 Å². The van der Waals surface area contributed by atoms with Gasteiger partial charge in [-0.15, -0.1) is 0 Å². The number of nitro benzene ring substituents is 10. The van der Waals surface area contributed by atoms with Crippen molar-refractivity contribution in [2.24, 2.45) is 0 Å². The molecule has 2 N–H and O–H groups in total. The van der Waals surface area contributed by atoms with Crippen LogP contribution in [0.1, 0.15) is 0 Å². The summed E-state index contributed by atoms with van der Waals surface area (Å²) in [6.45, 7) is 0. The van der Waals surface area contributed by atoms with E-state index >= 15 is 0 Å². The summed E-state index contributed by atoms with van der Waals surface area (Å²) in [5.41, 5.74) is -0.642. The second-order valence-electron chi connectivity index (χ2n) is 17.8. The molecule has 31 nitrogen and oxygen atoms in total. The highest BCUT2D eigenvalue weighted by Crippen LogP contribution is 2.43. The molecule has 10 rings (SSSR count). The van der Waals surface area contributed by atoms with Crippen LogP contribution in [0, 0.1) is 101 Å². The monoisotopic (exact) mass is 1400 g/mol. The highest BCUT2D eigenvalue weighted by Gasteiger charge is 2.24. The van der Waals surface area contributed by atoms with Crippen LogP contribution in [0.3, 0.4) is 0 Å². The molecule has 0 saturated heterocycles. The first-order chi connectivity index (χ1) is 45.5. The first-order valence-corrected chi connectivity index (χ1v) is 30.3. The van der Waals surface area contributed by atoms with E-state index in [-0.39, 0.29) is 62.4 Å². The molecule has 96 heavy (non-hydrogen) atoms. The average molecular weight is 1400 g/mol. The molecule has 0 saturated carbocycles. The summed E-state index contributed by atoms with van der Waals surface area (Å²) >= 11 is 5.07. The number of hydrogen-bond donors (Lipinski definition) is 0. The molecule has 0 aliphatic carbocycles. The lowest BCUT2D eigenvalue weighted by Gasteiger charge is -2.03. The molecule has 0 spiro atoms. The van der Waals surface area contributed by atoms with Crippen LogP contribution in [-0.4, -0.2) is 54.7 Å². The van der Waals surface area contributed by atoms with Gasteiger partial charge in [0, 0.05) is 60.7 Å². The highest BCUT2D eigenvalue weighted by atomic mass is 32.2. The van der Waals surface area contributed by atoms with Gasteiger partial charge in [0.2, 0.25) is 0 Å². The molecule has 488 valence electrons. The molecule has 0 bridgehead atoms. The van der Waals surface area contributed by atoms with Crippen LogP contribution < -0.4 is 0 Å². The third kappa shape index (κ3) is 21.5. The van der Waals surface area contributed by atoms with Gasteiger partial charge < -0.3 is 5.48 Å². The molecular weight excluding hydrogens is 1360 g/mol. The molecule has 0 fully saturated rings. The van der Waals surface area contributed by atoms with Gasteiger partial charge >= 0.3 is 0 Å². The van der Waals surface area contributed by atoms with Crippen LogP contribution in [0.15, 0.2) is 292 Å². The number of rotatable bonds is 20. The summed E-state index contributed by atoms with van der Waals surface area (Å²) in [6, 6.07) is 61.6. The summed E-state index contributed by atoms with van der Waals surface area (Å²) in [5.74, 6) is 0. The topological polar surface area (TPSA) is 463 Å². The van der Waals surface area contributed by atoms with Crippen LogP contribution in [0.5, 0.6) is 0 Å². The van der Waals surface area contributed by atoms with E-state index in [0.29, 0.717) is 49.0 Å². The fraction of sp³-hybridized carbons (Fsp3) is 0. The van der Waals surface area contributed by atoms with Crippen LogP contribution in [-0.2, 0) is 0 Å². The molecule has 36 heteroatoms. The zero-order valence-electron chi connectivity index (χ0n) is 48.3. The minimum Gasteiger partial charge on any atom is -0.412 e. The van der Waals surface area contributed by atoms with Crippen molar-refractivity contribution >= 4 is 116 Å². The molecule has 0 atom stereocenters. The number of para-hydroxylation sites is 10. The standard InChI is InChI=1S/5C12H8N2O4S.H2O/c5*15-13(16)9-5-1-3-7-11(9)19-12-8-4-2-6-10(12)14(17)18;/h5*1-8H;1H2. The van der Waals surface area contributed by atoms with E-state index in [9.17, 15) is 101 Å². The van der Waals surface area contributed by atoms with Crippen molar-refractivity contribution in [3.8, 4) is 0 Å². The van der Waals surface area contributed by atoms with E-state index in [1.165, 1.54) is 60.7 Å². The first-order valence-electron chi connectivity index (χ1n) is 26.2. The van der Waals surface area contributed by atoms with Crippen molar-refractivity contribution in [1.29, 1.82) is 0 Å². The zero-order valence-corrected chi connectivity index (χ0v) is 52.4. The maximum Gasteiger partial charge on any atom is 0.283 e. The van der Waals surface area contributed by atoms with Crippen molar-refractivity contribution in [1.82, 2.24) is 0 Å². The number of hydrogen-bond acceptors (Lipinski definition) is 25. The van der Waals surface area contributed by atoms with Gasteiger partial charge in [-0.3, -0.25) is 101 Å². The second-order valence-corrected chi connectivity index (χ2v) is 23.2. The summed E-state index contributed by atoms with van der Waals surface area (Å²) in [6.07, 6.45) is 0. The molecule has 0 radical (unpaired) electrons. The highest BCUT2D eigenvalue weighted by molar-refractivity contribution is 8.00. The van der Waals surface area contributed by atoms with Crippen molar-refractivity contribution in [2.45, 2.75) is 49.0 Å². The van der Waals surface area contributed by atoms with Crippen LogP contribution in [0.4, 0.5) is 56.9 Å². The lowest BCUT2D eigenvalue weighted by Crippen LogP contribution is -1.92. The predicted octanol–water partition coefficient (Wildman–Crippen LogP) is 17.4. The Balaban J connectivity index is 0.000000216. The average Bonchev–Trinajstić information content (AvgIpc) is 0.924. The third-order valence-electron chi connectivity index (χ3n) is 11.7. The van der Waals surface area contributed by atoms with E-state index in [4.69, 9.17) is 0 Å². The van der Waals surface area contributed by atoms with Gasteiger partial charge in [-0.05, 0) is 60.7 Å². The van der Waals surface area contributed by atoms with Gasteiger partial charge in [-0.1, -0.05) is 180 Å². The summed E-state index contributed by atoms with van der Waals surface area (Å²) in [7, 11) is 0. The third-order valence-corrected chi connectivity index (χ3v) is 17.4. The lowest BCUT2D eigenvalue weighted by atomic mass is 10.3. The van der Waals surface area contributed by atoms with Gasteiger partial charge in [0.15, 0.2) is 0 Å². The predicted molar refractivity (Wildman–Crippen MR) is 355 cm³/mol. The molecule has 0 unspecified atom stereocenters. The van der Waals surface area contributed by atoms with Crippen molar-refractivity contribution in [3.63, 3.8) is 0 Å². The fourth-order valence-electron chi connectivity index (χ4n) is 7.54.